The number of aromatic nitrogens is 1. The van der Waals surface area contributed by atoms with Crippen LogP contribution in [0.5, 0.6) is 17.4 Å². The highest BCUT2D eigenvalue weighted by Gasteiger charge is 2.36. The summed E-state index contributed by atoms with van der Waals surface area (Å²) in [5, 5.41) is 8.95. The molecule has 9 heteroatoms. The van der Waals surface area contributed by atoms with Crippen LogP contribution in [0.2, 0.25) is 0 Å². The van der Waals surface area contributed by atoms with Gasteiger partial charge >= 0.3 is 0 Å². The molecule has 6 nitrogen and oxygen atoms in total. The van der Waals surface area contributed by atoms with Crippen LogP contribution >= 0.6 is 0 Å². The predicted octanol–water partition coefficient (Wildman–Crippen LogP) is 4.43. The summed E-state index contributed by atoms with van der Waals surface area (Å²) in [6, 6.07) is 12.4. The van der Waals surface area contributed by atoms with E-state index >= 15 is 0 Å². The zero-order valence-corrected chi connectivity index (χ0v) is 15.8. The average molecular weight is 418 g/mol. The van der Waals surface area contributed by atoms with Crippen molar-refractivity contribution in [1.29, 1.82) is 0 Å². The molecule has 1 aliphatic rings. The van der Waals surface area contributed by atoms with E-state index in [1.807, 2.05) is 0 Å². The molecule has 150 valence electrons. The van der Waals surface area contributed by atoms with E-state index in [0.29, 0.717) is 12.8 Å². The Morgan fingerprint density at radius 1 is 1.07 bits per heavy atom. The summed E-state index contributed by atoms with van der Waals surface area (Å²) in [6.07, 6.45) is 1.13. The number of hydrogen-bond acceptors (Lipinski definition) is 5. The largest absolute Gasteiger partial charge is 0.505 e. The minimum Gasteiger partial charge on any atom is -0.505 e. The molecule has 0 atom stereocenters. The number of sulfonamides is 1. The Labute approximate surface area is 165 Å². The Morgan fingerprint density at radius 3 is 2.55 bits per heavy atom. The molecule has 1 saturated carbocycles. The van der Waals surface area contributed by atoms with Crippen molar-refractivity contribution in [2.24, 2.45) is 0 Å². The Morgan fingerprint density at radius 2 is 1.83 bits per heavy atom. The highest BCUT2D eigenvalue weighted by molar-refractivity contribution is 7.93. The first kappa shape index (κ1) is 19.1. The number of hydrogen-bond donors (Lipinski definition) is 2. The molecule has 3 aromatic rings. The van der Waals surface area contributed by atoms with Crippen LogP contribution in [0.1, 0.15) is 12.8 Å². The van der Waals surface area contributed by atoms with E-state index in [0.717, 1.165) is 12.1 Å². The summed E-state index contributed by atoms with van der Waals surface area (Å²) in [5.41, 5.74) is 0.165. The van der Waals surface area contributed by atoms with Crippen molar-refractivity contribution in [2.75, 3.05) is 4.72 Å². The van der Waals surface area contributed by atoms with Gasteiger partial charge in [-0.25, -0.2) is 22.2 Å². The number of phenols is 1. The molecule has 0 bridgehead atoms. The number of nitrogens with one attached hydrogen (secondary N) is 1. The summed E-state index contributed by atoms with van der Waals surface area (Å²) in [7, 11) is -3.61. The summed E-state index contributed by atoms with van der Waals surface area (Å²) >= 11 is 0. The lowest BCUT2D eigenvalue weighted by atomic mass is 10.1. The molecule has 2 aromatic carbocycles. The van der Waals surface area contributed by atoms with E-state index in [1.54, 1.807) is 12.1 Å². The van der Waals surface area contributed by atoms with Crippen molar-refractivity contribution in [3.63, 3.8) is 0 Å². The molecule has 0 spiro atoms. The van der Waals surface area contributed by atoms with Crippen LogP contribution in [-0.2, 0) is 10.0 Å². The van der Waals surface area contributed by atoms with Gasteiger partial charge in [-0.2, -0.15) is 0 Å². The minimum atomic E-state index is -3.61. The number of aromatic hydroxyl groups is 1. The topological polar surface area (TPSA) is 88.5 Å². The summed E-state index contributed by atoms with van der Waals surface area (Å²) < 4.78 is 60.1. The molecule has 0 aliphatic heterocycles. The fourth-order valence-electron chi connectivity index (χ4n) is 2.72. The first-order chi connectivity index (χ1) is 13.8. The van der Waals surface area contributed by atoms with Gasteiger partial charge in [0, 0.05) is 17.7 Å². The molecule has 0 radical (unpaired) electrons. The Balaban J connectivity index is 1.62. The molecule has 2 N–H and O–H groups in total. The number of rotatable bonds is 6. The van der Waals surface area contributed by atoms with Crippen molar-refractivity contribution in [2.45, 2.75) is 18.1 Å². The lowest BCUT2D eigenvalue weighted by Gasteiger charge is -2.12. The van der Waals surface area contributed by atoms with Gasteiger partial charge in [-0.3, -0.25) is 4.72 Å². The second-order valence-corrected chi connectivity index (χ2v) is 8.55. The minimum absolute atomic E-state index is 0.0911. The molecule has 0 amide bonds. The number of phenolic OH excluding ortho intramolecular Hbond substituents is 1. The number of nitrogens with zero attached hydrogens (tertiary/aromatic N) is 1. The van der Waals surface area contributed by atoms with Crippen LogP contribution in [0.15, 0.2) is 54.6 Å². The molecular formula is C20H16F2N2O4S. The maximum atomic E-state index is 14.9. The number of benzene rings is 2. The van der Waals surface area contributed by atoms with Gasteiger partial charge in [0.05, 0.1) is 16.6 Å². The maximum absolute atomic E-state index is 14.9. The molecule has 1 aliphatic carbocycles. The standard InChI is InChI=1S/C20H16F2N2O4S/c21-15-10-7-12(11-18(15)25)28-19-6-2-4-16(23-19)14-3-1-5-17(20(14)22)24-29(26,27)13-8-9-13/h1-7,10-11,13,24-25H,8-9H2. The van der Waals surface area contributed by atoms with Crippen molar-refractivity contribution in [3.8, 4) is 28.6 Å². The zero-order chi connectivity index (χ0) is 20.6. The van der Waals surface area contributed by atoms with Gasteiger partial charge in [0.2, 0.25) is 15.9 Å². The van der Waals surface area contributed by atoms with Crippen LogP contribution < -0.4 is 9.46 Å². The summed E-state index contributed by atoms with van der Waals surface area (Å²) in [6.45, 7) is 0. The SMILES string of the molecule is O=S(=O)(Nc1cccc(-c2cccc(Oc3ccc(F)c(O)c3)n2)c1F)C1CC1. The van der Waals surface area contributed by atoms with Crippen molar-refractivity contribution in [1.82, 2.24) is 4.98 Å². The van der Waals surface area contributed by atoms with Crippen molar-refractivity contribution >= 4 is 15.7 Å². The lowest BCUT2D eigenvalue weighted by molar-refractivity contribution is 0.418. The van der Waals surface area contributed by atoms with Gasteiger partial charge in [-0.05, 0) is 43.2 Å². The third-order valence-electron chi connectivity index (χ3n) is 4.35. The second kappa shape index (κ2) is 7.32. The van der Waals surface area contributed by atoms with E-state index in [4.69, 9.17) is 4.74 Å². The molecule has 0 saturated heterocycles. The fourth-order valence-corrected chi connectivity index (χ4v) is 4.11. The van der Waals surface area contributed by atoms with Crippen LogP contribution in [0, 0.1) is 11.6 Å². The smallest absolute Gasteiger partial charge is 0.235 e. The van der Waals surface area contributed by atoms with Crippen LogP contribution in [0.25, 0.3) is 11.3 Å². The Kier molecular flexibility index (Phi) is 4.83. The van der Waals surface area contributed by atoms with Gasteiger partial charge in [0.1, 0.15) is 5.75 Å². The highest BCUT2D eigenvalue weighted by Crippen LogP contribution is 2.33. The normalized spacial score (nSPS) is 13.9. The summed E-state index contributed by atoms with van der Waals surface area (Å²) in [4.78, 5) is 4.22. The van der Waals surface area contributed by atoms with Crippen LogP contribution in [-0.4, -0.2) is 23.8 Å². The van der Waals surface area contributed by atoms with Gasteiger partial charge in [0.15, 0.2) is 17.4 Å². The Hall–Kier alpha value is -3.20. The molecule has 1 heterocycles. The monoisotopic (exact) mass is 418 g/mol. The fraction of sp³-hybridized carbons (Fsp3) is 0.150. The molecule has 0 unspecified atom stereocenters. The number of ether oxygens (including phenoxy) is 1. The van der Waals surface area contributed by atoms with E-state index in [2.05, 4.69) is 9.71 Å². The lowest BCUT2D eigenvalue weighted by Crippen LogP contribution is -2.18. The highest BCUT2D eigenvalue weighted by atomic mass is 32.2. The Bertz CT molecular complexity index is 1180. The first-order valence-corrected chi connectivity index (χ1v) is 10.3. The van der Waals surface area contributed by atoms with E-state index in [1.165, 1.54) is 30.3 Å². The van der Waals surface area contributed by atoms with Gasteiger partial charge in [-0.1, -0.05) is 12.1 Å². The predicted molar refractivity (Wildman–Crippen MR) is 103 cm³/mol. The summed E-state index contributed by atoms with van der Waals surface area (Å²) in [5.74, 6) is -1.86. The molecule has 4 rings (SSSR count). The van der Waals surface area contributed by atoms with Gasteiger partial charge in [-0.15, -0.1) is 0 Å². The third-order valence-corrected chi connectivity index (χ3v) is 6.21. The van der Waals surface area contributed by atoms with Crippen molar-refractivity contribution < 1.29 is 27.0 Å². The molecule has 29 heavy (non-hydrogen) atoms. The quantitative estimate of drug-likeness (QED) is 0.618. The van der Waals surface area contributed by atoms with E-state index < -0.39 is 32.7 Å². The van der Waals surface area contributed by atoms with Crippen molar-refractivity contribution in [3.05, 3.63) is 66.2 Å². The van der Waals surface area contributed by atoms with E-state index in [9.17, 15) is 22.3 Å². The van der Waals surface area contributed by atoms with Gasteiger partial charge < -0.3 is 9.84 Å². The van der Waals surface area contributed by atoms with Crippen LogP contribution in [0.3, 0.4) is 0 Å². The average Bonchev–Trinajstić information content (AvgIpc) is 3.53. The maximum Gasteiger partial charge on any atom is 0.235 e. The number of anilines is 1. The first-order valence-electron chi connectivity index (χ1n) is 8.77. The van der Waals surface area contributed by atoms with Crippen LogP contribution in [0.4, 0.5) is 14.5 Å². The zero-order valence-electron chi connectivity index (χ0n) is 15.0. The third kappa shape index (κ3) is 4.14. The second-order valence-electron chi connectivity index (χ2n) is 6.59. The number of pyridine rings is 1. The number of halogens is 2. The van der Waals surface area contributed by atoms with E-state index in [-0.39, 0.29) is 28.6 Å². The molecule has 1 aromatic heterocycles. The van der Waals surface area contributed by atoms with Gasteiger partial charge in [0.25, 0.3) is 0 Å². The molecular weight excluding hydrogens is 402 g/mol. The molecule has 1 fully saturated rings.